The van der Waals surface area contributed by atoms with Crippen LogP contribution in [0, 0.1) is 41.5 Å². The predicted molar refractivity (Wildman–Crippen MR) is 82.0 cm³/mol. The third-order valence-electron chi connectivity index (χ3n) is 4.45. The molecule has 0 amide bonds. The molecule has 0 saturated heterocycles. The van der Waals surface area contributed by atoms with Crippen LogP contribution < -0.4 is 0 Å². The molecule has 0 heterocycles. The molecule has 0 saturated carbocycles. The molecule has 0 unspecified atom stereocenters. The lowest BCUT2D eigenvalue weighted by atomic mass is 9.89. The summed E-state index contributed by atoms with van der Waals surface area (Å²) in [7, 11) is 0. The Morgan fingerprint density at radius 2 is 1.26 bits per heavy atom. The summed E-state index contributed by atoms with van der Waals surface area (Å²) in [5, 5.41) is 10.5. The Morgan fingerprint density at radius 3 is 1.84 bits per heavy atom. The van der Waals surface area contributed by atoms with Crippen LogP contribution in [0.15, 0.2) is 18.2 Å². The minimum absolute atomic E-state index is 0.420. The molecule has 1 N–H and O–H groups in total. The second kappa shape index (κ2) is 4.73. The summed E-state index contributed by atoms with van der Waals surface area (Å²) in [6.45, 7) is 12.5. The van der Waals surface area contributed by atoms with E-state index in [1.165, 1.54) is 27.8 Å². The Kier molecular flexibility index (Phi) is 3.40. The average molecular weight is 254 g/mol. The van der Waals surface area contributed by atoms with Crippen LogP contribution in [0.2, 0.25) is 0 Å². The number of rotatable bonds is 1. The van der Waals surface area contributed by atoms with Gasteiger partial charge in [0, 0.05) is 5.56 Å². The fourth-order valence-electron chi connectivity index (χ4n) is 2.54. The number of aryl methyl sites for hydroxylation is 2. The summed E-state index contributed by atoms with van der Waals surface area (Å²) in [4.78, 5) is 0. The number of aromatic hydroxyl groups is 1. The van der Waals surface area contributed by atoms with Crippen LogP contribution in [0.4, 0.5) is 0 Å². The third kappa shape index (κ3) is 2.14. The number of hydrogen-bond donors (Lipinski definition) is 1. The molecule has 2 rings (SSSR count). The van der Waals surface area contributed by atoms with Crippen molar-refractivity contribution in [3.63, 3.8) is 0 Å². The van der Waals surface area contributed by atoms with Gasteiger partial charge >= 0.3 is 0 Å². The van der Waals surface area contributed by atoms with Crippen LogP contribution in [-0.2, 0) is 0 Å². The van der Waals surface area contributed by atoms with E-state index in [4.69, 9.17) is 0 Å². The molecule has 0 bridgehead atoms. The van der Waals surface area contributed by atoms with Gasteiger partial charge in [-0.25, -0.2) is 0 Å². The molecule has 1 heteroatoms. The van der Waals surface area contributed by atoms with E-state index < -0.39 is 0 Å². The molecule has 1 nitrogen and oxygen atoms in total. The first-order valence-electron chi connectivity index (χ1n) is 6.71. The van der Waals surface area contributed by atoms with Crippen LogP contribution >= 0.6 is 0 Å². The zero-order chi connectivity index (χ0) is 14.3. The van der Waals surface area contributed by atoms with Crippen LogP contribution in [0.5, 0.6) is 5.75 Å². The monoisotopic (exact) mass is 254 g/mol. The first-order chi connectivity index (χ1) is 8.84. The van der Waals surface area contributed by atoms with Crippen LogP contribution in [0.25, 0.3) is 11.1 Å². The van der Waals surface area contributed by atoms with Crippen molar-refractivity contribution >= 4 is 0 Å². The quantitative estimate of drug-likeness (QED) is 0.766. The van der Waals surface area contributed by atoms with Crippen molar-refractivity contribution in [2.24, 2.45) is 0 Å². The first-order valence-corrected chi connectivity index (χ1v) is 6.71. The van der Waals surface area contributed by atoms with Gasteiger partial charge in [0.25, 0.3) is 0 Å². The van der Waals surface area contributed by atoms with Gasteiger partial charge in [0.2, 0.25) is 0 Å². The summed E-state index contributed by atoms with van der Waals surface area (Å²) < 4.78 is 0. The highest BCUT2D eigenvalue weighted by Gasteiger charge is 2.16. The summed E-state index contributed by atoms with van der Waals surface area (Å²) in [5.74, 6) is 0.420. The van der Waals surface area contributed by atoms with E-state index in [-0.39, 0.29) is 0 Å². The van der Waals surface area contributed by atoms with Gasteiger partial charge in [0.05, 0.1) is 0 Å². The van der Waals surface area contributed by atoms with Gasteiger partial charge in [-0.15, -0.1) is 0 Å². The molecule has 0 spiro atoms. The van der Waals surface area contributed by atoms with Crippen molar-refractivity contribution in [2.45, 2.75) is 41.5 Å². The fourth-order valence-corrected chi connectivity index (χ4v) is 2.54. The van der Waals surface area contributed by atoms with E-state index >= 15 is 0 Å². The lowest BCUT2D eigenvalue weighted by Gasteiger charge is -2.18. The van der Waals surface area contributed by atoms with Crippen molar-refractivity contribution in [3.05, 3.63) is 51.6 Å². The Hall–Kier alpha value is -1.76. The largest absolute Gasteiger partial charge is 0.507 e. The third-order valence-corrected chi connectivity index (χ3v) is 4.45. The van der Waals surface area contributed by atoms with E-state index in [1.807, 2.05) is 6.92 Å². The van der Waals surface area contributed by atoms with E-state index in [1.54, 1.807) is 0 Å². The molecule has 0 fully saturated rings. The average Bonchev–Trinajstić information content (AvgIpc) is 2.38. The summed E-state index contributed by atoms with van der Waals surface area (Å²) in [6.07, 6.45) is 0. The predicted octanol–water partition coefficient (Wildman–Crippen LogP) is 4.91. The Labute approximate surface area is 115 Å². The topological polar surface area (TPSA) is 20.2 Å². The Bertz CT molecular complexity index is 622. The molecular formula is C18H22O. The SMILES string of the molecule is Cc1ccc(-c2c(C)c(C)c(C)c(C)c2O)cc1C. The zero-order valence-corrected chi connectivity index (χ0v) is 12.7. The minimum Gasteiger partial charge on any atom is -0.507 e. The van der Waals surface area contributed by atoms with Crippen molar-refractivity contribution in [2.75, 3.05) is 0 Å². The van der Waals surface area contributed by atoms with E-state index in [2.05, 4.69) is 52.8 Å². The first kappa shape index (κ1) is 13.7. The van der Waals surface area contributed by atoms with Crippen LogP contribution in [0.3, 0.4) is 0 Å². The molecule has 0 aliphatic rings. The van der Waals surface area contributed by atoms with Gasteiger partial charge in [0.15, 0.2) is 0 Å². The molecule has 100 valence electrons. The van der Waals surface area contributed by atoms with E-state index in [0.717, 1.165) is 16.7 Å². The zero-order valence-electron chi connectivity index (χ0n) is 12.7. The van der Waals surface area contributed by atoms with Crippen LogP contribution in [-0.4, -0.2) is 5.11 Å². The molecular weight excluding hydrogens is 232 g/mol. The molecule has 2 aromatic rings. The molecule has 0 radical (unpaired) electrons. The lowest BCUT2D eigenvalue weighted by molar-refractivity contribution is 0.472. The fraction of sp³-hybridized carbons (Fsp3) is 0.333. The number of phenols is 1. The molecule has 2 aromatic carbocycles. The smallest absolute Gasteiger partial charge is 0.126 e. The van der Waals surface area contributed by atoms with Gasteiger partial charge in [-0.2, -0.15) is 0 Å². The lowest BCUT2D eigenvalue weighted by Crippen LogP contribution is -1.96. The van der Waals surface area contributed by atoms with Gasteiger partial charge in [-0.05, 0) is 80.5 Å². The summed E-state index contributed by atoms with van der Waals surface area (Å²) >= 11 is 0. The molecule has 19 heavy (non-hydrogen) atoms. The standard InChI is InChI=1S/C18H22O/c1-10-7-8-16(9-11(10)2)17-14(5)12(3)13(4)15(6)18(17)19/h7-9,19H,1-6H3. The minimum atomic E-state index is 0.420. The molecule has 0 aliphatic carbocycles. The maximum atomic E-state index is 10.5. The van der Waals surface area contributed by atoms with E-state index in [0.29, 0.717) is 5.75 Å². The summed E-state index contributed by atoms with van der Waals surface area (Å²) in [6, 6.07) is 6.37. The van der Waals surface area contributed by atoms with Gasteiger partial charge in [0.1, 0.15) is 5.75 Å². The van der Waals surface area contributed by atoms with Crippen molar-refractivity contribution in [1.82, 2.24) is 0 Å². The molecule has 0 aliphatic heterocycles. The normalized spacial score (nSPS) is 10.8. The highest BCUT2D eigenvalue weighted by molar-refractivity contribution is 5.78. The maximum absolute atomic E-state index is 10.5. The number of hydrogen-bond acceptors (Lipinski definition) is 1. The highest BCUT2D eigenvalue weighted by atomic mass is 16.3. The van der Waals surface area contributed by atoms with Gasteiger partial charge < -0.3 is 5.11 Å². The Balaban J connectivity index is 2.79. The summed E-state index contributed by atoms with van der Waals surface area (Å²) in [5.41, 5.74) is 9.22. The van der Waals surface area contributed by atoms with Gasteiger partial charge in [-0.1, -0.05) is 18.2 Å². The number of phenolic OH excluding ortho intramolecular Hbond substituents is 1. The number of benzene rings is 2. The molecule has 0 atom stereocenters. The van der Waals surface area contributed by atoms with Crippen LogP contribution in [0.1, 0.15) is 33.4 Å². The Morgan fingerprint density at radius 1 is 0.684 bits per heavy atom. The second-order valence-electron chi connectivity index (χ2n) is 5.52. The van der Waals surface area contributed by atoms with Crippen molar-refractivity contribution in [3.8, 4) is 16.9 Å². The van der Waals surface area contributed by atoms with E-state index in [9.17, 15) is 5.11 Å². The van der Waals surface area contributed by atoms with Crippen molar-refractivity contribution < 1.29 is 5.11 Å². The maximum Gasteiger partial charge on any atom is 0.126 e. The van der Waals surface area contributed by atoms with Crippen molar-refractivity contribution in [1.29, 1.82) is 0 Å². The van der Waals surface area contributed by atoms with Gasteiger partial charge in [-0.3, -0.25) is 0 Å². The second-order valence-corrected chi connectivity index (χ2v) is 5.52. The highest BCUT2D eigenvalue weighted by Crippen LogP contribution is 2.39. The molecule has 0 aromatic heterocycles.